The van der Waals surface area contributed by atoms with Crippen LogP contribution in [0, 0.1) is 0 Å². The fraction of sp³-hybridized carbons (Fsp3) is 0.786. The lowest BCUT2D eigenvalue weighted by Crippen LogP contribution is -2.27. The summed E-state index contributed by atoms with van der Waals surface area (Å²) in [7, 11) is 1.65. The van der Waals surface area contributed by atoms with Crippen LogP contribution < -0.4 is 0 Å². The number of hydrogen-bond donors (Lipinski definition) is 1. The van der Waals surface area contributed by atoms with E-state index in [9.17, 15) is 5.11 Å². The van der Waals surface area contributed by atoms with Gasteiger partial charge in [-0.2, -0.15) is 0 Å². The highest BCUT2D eigenvalue weighted by molar-refractivity contribution is 5.16. The van der Waals surface area contributed by atoms with E-state index in [1.165, 1.54) is 24.2 Å². The van der Waals surface area contributed by atoms with E-state index in [4.69, 9.17) is 9.47 Å². The number of hydrogen-bond acceptors (Lipinski definition) is 4. The molecule has 2 atom stereocenters. The van der Waals surface area contributed by atoms with Gasteiger partial charge in [-0.05, 0) is 32.6 Å². The minimum absolute atomic E-state index is 0.0105. The lowest BCUT2D eigenvalue weighted by molar-refractivity contribution is -0.0358. The molecule has 2 unspecified atom stereocenters. The topological polar surface area (TPSA) is 56.5 Å². The Morgan fingerprint density at radius 3 is 2.95 bits per heavy atom. The number of nitrogens with zero attached hydrogens (tertiary/aromatic N) is 2. The van der Waals surface area contributed by atoms with Crippen LogP contribution in [0.25, 0.3) is 0 Å². The van der Waals surface area contributed by atoms with Gasteiger partial charge in [0, 0.05) is 12.8 Å². The molecule has 5 nitrogen and oxygen atoms in total. The summed E-state index contributed by atoms with van der Waals surface area (Å²) in [5.74, 6) is 0. The molecule has 1 aromatic heterocycles. The molecule has 0 aliphatic heterocycles. The number of fused-ring (bicyclic) bond motifs is 1. The Bertz CT molecular complexity index is 392. The lowest BCUT2D eigenvalue weighted by atomic mass is 10.0. The maximum absolute atomic E-state index is 10.0. The van der Waals surface area contributed by atoms with Gasteiger partial charge in [0.25, 0.3) is 0 Å². The summed E-state index contributed by atoms with van der Waals surface area (Å²) in [5, 5.41) is 10.0. The van der Waals surface area contributed by atoms with E-state index in [-0.39, 0.29) is 6.10 Å². The predicted molar refractivity (Wildman–Crippen MR) is 72.2 cm³/mol. The van der Waals surface area contributed by atoms with Crippen LogP contribution in [0.5, 0.6) is 0 Å². The third kappa shape index (κ3) is 4.03. The summed E-state index contributed by atoms with van der Waals surface area (Å²) in [6.45, 7) is 3.38. The number of aliphatic hydroxyl groups excluding tert-OH is 1. The summed E-state index contributed by atoms with van der Waals surface area (Å²) in [6, 6.07) is 0. The first-order chi connectivity index (χ1) is 9.20. The van der Waals surface area contributed by atoms with Crippen molar-refractivity contribution in [3.63, 3.8) is 0 Å². The normalized spacial score (nSPS) is 18.1. The zero-order valence-electron chi connectivity index (χ0n) is 11.8. The van der Waals surface area contributed by atoms with Crippen LogP contribution in [0.4, 0.5) is 0 Å². The largest absolute Gasteiger partial charge is 0.389 e. The highest BCUT2D eigenvalue weighted by Crippen LogP contribution is 2.20. The Balaban J connectivity index is 1.82. The van der Waals surface area contributed by atoms with E-state index in [0.717, 1.165) is 12.8 Å². The van der Waals surface area contributed by atoms with Crippen molar-refractivity contribution in [3.05, 3.63) is 17.7 Å². The average molecular weight is 268 g/mol. The van der Waals surface area contributed by atoms with E-state index < -0.39 is 6.10 Å². The zero-order chi connectivity index (χ0) is 13.7. The minimum atomic E-state index is -0.500. The van der Waals surface area contributed by atoms with Gasteiger partial charge in [0.05, 0.1) is 44.0 Å². The fourth-order valence-corrected chi connectivity index (χ4v) is 2.53. The predicted octanol–water partition coefficient (Wildman–Crippen LogP) is 1.17. The first-order valence-corrected chi connectivity index (χ1v) is 7.02. The fourth-order valence-electron chi connectivity index (χ4n) is 2.53. The van der Waals surface area contributed by atoms with Crippen LogP contribution in [-0.2, 0) is 28.9 Å². The molecular weight excluding hydrogens is 244 g/mol. The van der Waals surface area contributed by atoms with Crippen molar-refractivity contribution < 1.29 is 14.6 Å². The van der Waals surface area contributed by atoms with E-state index >= 15 is 0 Å². The number of imidazole rings is 1. The van der Waals surface area contributed by atoms with Crippen molar-refractivity contribution in [2.75, 3.05) is 20.3 Å². The Morgan fingerprint density at radius 2 is 2.16 bits per heavy atom. The van der Waals surface area contributed by atoms with Gasteiger partial charge in [0.15, 0.2) is 0 Å². The van der Waals surface area contributed by atoms with Gasteiger partial charge < -0.3 is 19.1 Å². The molecule has 0 spiro atoms. The van der Waals surface area contributed by atoms with Gasteiger partial charge >= 0.3 is 0 Å². The van der Waals surface area contributed by atoms with Gasteiger partial charge in [0.2, 0.25) is 0 Å². The minimum Gasteiger partial charge on any atom is -0.389 e. The molecule has 2 rings (SSSR count). The maximum atomic E-state index is 10.0. The molecule has 0 saturated heterocycles. The van der Waals surface area contributed by atoms with Crippen LogP contribution >= 0.6 is 0 Å². The van der Waals surface area contributed by atoms with Crippen molar-refractivity contribution in [1.82, 2.24) is 9.55 Å². The molecule has 0 saturated carbocycles. The molecule has 1 aliphatic carbocycles. The molecule has 108 valence electrons. The molecule has 0 aromatic carbocycles. The summed E-state index contributed by atoms with van der Waals surface area (Å²) >= 11 is 0. The molecule has 1 aromatic rings. The van der Waals surface area contributed by atoms with Crippen LogP contribution in [0.15, 0.2) is 6.33 Å². The number of rotatable bonds is 7. The lowest BCUT2D eigenvalue weighted by Gasteiger charge is -2.18. The van der Waals surface area contributed by atoms with Crippen LogP contribution in [-0.4, -0.2) is 47.2 Å². The van der Waals surface area contributed by atoms with E-state index in [0.29, 0.717) is 19.8 Å². The molecule has 1 aliphatic rings. The molecule has 1 heterocycles. The molecule has 1 N–H and O–H groups in total. The van der Waals surface area contributed by atoms with Gasteiger partial charge in [0.1, 0.15) is 0 Å². The van der Waals surface area contributed by atoms with Crippen LogP contribution in [0.1, 0.15) is 31.2 Å². The molecule has 0 amide bonds. The Labute approximate surface area is 114 Å². The van der Waals surface area contributed by atoms with Crippen molar-refractivity contribution in [1.29, 1.82) is 0 Å². The Hall–Kier alpha value is -0.910. The van der Waals surface area contributed by atoms with Gasteiger partial charge in [-0.15, -0.1) is 0 Å². The summed E-state index contributed by atoms with van der Waals surface area (Å²) in [5.41, 5.74) is 2.49. The third-order valence-electron chi connectivity index (χ3n) is 3.49. The summed E-state index contributed by atoms with van der Waals surface area (Å²) in [6.07, 6.45) is 5.94. The number of aliphatic hydroxyl groups is 1. The molecule has 0 bridgehead atoms. The van der Waals surface area contributed by atoms with E-state index in [1.807, 2.05) is 13.3 Å². The number of methoxy groups -OCH3 is 1. The van der Waals surface area contributed by atoms with Gasteiger partial charge in [-0.25, -0.2) is 4.98 Å². The van der Waals surface area contributed by atoms with Crippen molar-refractivity contribution in [3.8, 4) is 0 Å². The van der Waals surface area contributed by atoms with Crippen molar-refractivity contribution in [2.24, 2.45) is 0 Å². The number of aryl methyl sites for hydroxylation is 1. The first kappa shape index (κ1) is 14.5. The SMILES string of the molecule is COCC(C)OCC(O)Cn1cnc2c1CCCC2. The van der Waals surface area contributed by atoms with Crippen LogP contribution in [0.2, 0.25) is 0 Å². The maximum Gasteiger partial charge on any atom is 0.0952 e. The highest BCUT2D eigenvalue weighted by Gasteiger charge is 2.17. The van der Waals surface area contributed by atoms with Gasteiger partial charge in [-0.1, -0.05) is 0 Å². The standard InChI is InChI=1S/C14H24N2O3/c1-11(8-18-2)19-9-12(17)7-16-10-15-13-5-3-4-6-14(13)16/h10-12,17H,3-9H2,1-2H3. The number of ether oxygens (including phenoxy) is 2. The number of aromatic nitrogens is 2. The third-order valence-corrected chi connectivity index (χ3v) is 3.49. The summed E-state index contributed by atoms with van der Waals surface area (Å²) in [4.78, 5) is 4.43. The van der Waals surface area contributed by atoms with Crippen molar-refractivity contribution in [2.45, 2.75) is 51.4 Å². The quantitative estimate of drug-likeness (QED) is 0.806. The second kappa shape index (κ2) is 7.03. The molecule has 0 fully saturated rings. The molecule has 19 heavy (non-hydrogen) atoms. The second-order valence-electron chi connectivity index (χ2n) is 5.25. The molecule has 0 radical (unpaired) electrons. The second-order valence-corrected chi connectivity index (χ2v) is 5.25. The smallest absolute Gasteiger partial charge is 0.0952 e. The monoisotopic (exact) mass is 268 g/mol. The van der Waals surface area contributed by atoms with E-state index in [2.05, 4.69) is 9.55 Å². The molecule has 5 heteroatoms. The highest BCUT2D eigenvalue weighted by atomic mass is 16.5. The van der Waals surface area contributed by atoms with Crippen LogP contribution in [0.3, 0.4) is 0 Å². The van der Waals surface area contributed by atoms with E-state index in [1.54, 1.807) is 7.11 Å². The average Bonchev–Trinajstić information content (AvgIpc) is 2.80. The van der Waals surface area contributed by atoms with Gasteiger partial charge in [-0.3, -0.25) is 0 Å². The first-order valence-electron chi connectivity index (χ1n) is 7.02. The Morgan fingerprint density at radius 1 is 1.37 bits per heavy atom. The molecular formula is C14H24N2O3. The summed E-state index contributed by atoms with van der Waals surface area (Å²) < 4.78 is 12.6. The van der Waals surface area contributed by atoms with Crippen molar-refractivity contribution >= 4 is 0 Å². The Kier molecular flexibility index (Phi) is 5.36. The zero-order valence-corrected chi connectivity index (χ0v) is 11.8.